The second kappa shape index (κ2) is 8.78. The molecule has 8 heteroatoms. The lowest BCUT2D eigenvalue weighted by molar-refractivity contribution is -0.760. The van der Waals surface area contributed by atoms with E-state index in [-0.39, 0.29) is 19.6 Å². The first-order valence-corrected chi connectivity index (χ1v) is 10.2. The molecule has 170 valence electrons. The molecule has 0 radical (unpaired) electrons. The summed E-state index contributed by atoms with van der Waals surface area (Å²) < 4.78 is 43.3. The van der Waals surface area contributed by atoms with Gasteiger partial charge in [-0.1, -0.05) is 30.3 Å². The Morgan fingerprint density at radius 2 is 1.59 bits per heavy atom. The van der Waals surface area contributed by atoms with Crippen molar-refractivity contribution in [2.45, 2.75) is 39.1 Å². The minimum atomic E-state index is -4.39. The number of alkyl halides is 3. The third kappa shape index (κ3) is 5.37. The lowest BCUT2D eigenvalue weighted by atomic mass is 10.0. The summed E-state index contributed by atoms with van der Waals surface area (Å²) >= 11 is 0. The van der Waals surface area contributed by atoms with Gasteiger partial charge in [-0.05, 0) is 67.8 Å². The van der Waals surface area contributed by atoms with Crippen molar-refractivity contribution in [3.05, 3.63) is 71.8 Å². The number of hydrogen-bond acceptors (Lipinski definition) is 3. The number of nitrogens with one attached hydrogen (secondary N) is 1. The van der Waals surface area contributed by atoms with Crippen molar-refractivity contribution < 1.29 is 32.0 Å². The zero-order chi connectivity index (χ0) is 23.6. The molecule has 0 spiro atoms. The fraction of sp³-hybridized carbons (Fsp3) is 0.333. The summed E-state index contributed by atoms with van der Waals surface area (Å²) in [7, 11) is 0. The first kappa shape index (κ1) is 23.5. The first-order chi connectivity index (χ1) is 14.9. The van der Waals surface area contributed by atoms with Crippen molar-refractivity contribution >= 4 is 12.1 Å². The van der Waals surface area contributed by atoms with Gasteiger partial charge in [0.2, 0.25) is 0 Å². The van der Waals surface area contributed by atoms with Crippen LogP contribution in [0.15, 0.2) is 60.7 Å². The number of imide groups is 1. The molecule has 0 bridgehead atoms. The number of hydrogen-bond donors (Lipinski definition) is 1. The monoisotopic (exact) mass is 447 g/mol. The van der Waals surface area contributed by atoms with Crippen molar-refractivity contribution in [2.75, 3.05) is 13.1 Å². The fourth-order valence-electron chi connectivity index (χ4n) is 3.37. The Morgan fingerprint density at radius 3 is 2.16 bits per heavy atom. The largest absolute Gasteiger partial charge is 0.526 e. The van der Waals surface area contributed by atoms with Gasteiger partial charge >= 0.3 is 18.3 Å². The molecule has 1 heterocycles. The molecule has 0 saturated heterocycles. The van der Waals surface area contributed by atoms with Gasteiger partial charge in [-0.3, -0.25) is 0 Å². The Bertz CT molecular complexity index is 1010. The Labute approximate surface area is 185 Å². The highest BCUT2D eigenvalue weighted by Gasteiger charge is 2.48. The van der Waals surface area contributed by atoms with Crippen molar-refractivity contribution in [3.8, 4) is 11.1 Å². The van der Waals surface area contributed by atoms with Crippen LogP contribution < -0.4 is 5.32 Å². The molecule has 0 aromatic heterocycles. The van der Waals surface area contributed by atoms with E-state index in [1.807, 2.05) is 0 Å². The standard InChI is InChI=1S/C24H25F3N2O3/c1-23(2,3)32-22(31)29(13-4-5-14-29)21(30)28-16-17-7-6-8-19(15-17)18-9-11-20(12-10-18)24(25,26)27/h4-12,15H,13-14,16H2,1-3H3/p+1. The molecule has 0 unspecified atom stereocenters. The van der Waals surface area contributed by atoms with Crippen molar-refractivity contribution in [2.24, 2.45) is 0 Å². The molecule has 0 aliphatic carbocycles. The number of ether oxygens (including phenoxy) is 1. The smallest absolute Gasteiger partial charge is 0.414 e. The molecule has 3 amide bonds. The van der Waals surface area contributed by atoms with Crippen LogP contribution >= 0.6 is 0 Å². The number of quaternary nitrogens is 1. The normalized spacial score (nSPS) is 15.4. The lowest BCUT2D eigenvalue weighted by Gasteiger charge is -2.30. The van der Waals surface area contributed by atoms with Crippen LogP contribution in [0, 0.1) is 0 Å². The number of rotatable bonds is 3. The van der Waals surface area contributed by atoms with E-state index in [1.54, 1.807) is 57.2 Å². The fourth-order valence-corrected chi connectivity index (χ4v) is 3.37. The van der Waals surface area contributed by atoms with Gasteiger partial charge in [0.15, 0.2) is 0 Å². The van der Waals surface area contributed by atoms with Gasteiger partial charge in [0, 0.05) is 6.54 Å². The van der Waals surface area contributed by atoms with Crippen molar-refractivity contribution in [1.29, 1.82) is 0 Å². The summed E-state index contributed by atoms with van der Waals surface area (Å²) in [6.07, 6.45) is -1.45. The maximum atomic E-state index is 13.0. The van der Waals surface area contributed by atoms with E-state index >= 15 is 0 Å². The number of benzene rings is 2. The summed E-state index contributed by atoms with van der Waals surface area (Å²) in [6, 6.07) is 11.6. The quantitative estimate of drug-likeness (QED) is 0.471. The van der Waals surface area contributed by atoms with E-state index in [9.17, 15) is 22.8 Å². The third-order valence-corrected chi connectivity index (χ3v) is 5.05. The van der Waals surface area contributed by atoms with Gasteiger partial charge in [0.1, 0.15) is 18.7 Å². The van der Waals surface area contributed by atoms with Gasteiger partial charge in [-0.25, -0.2) is 4.79 Å². The van der Waals surface area contributed by atoms with Crippen LogP contribution in [0.5, 0.6) is 0 Å². The highest BCUT2D eigenvalue weighted by Crippen LogP contribution is 2.31. The SMILES string of the molecule is CC(C)(C)OC(=O)[N+]1(C(=O)NCc2cccc(-c3ccc(C(F)(F)F)cc3)c2)CC=CC1. The van der Waals surface area contributed by atoms with Crippen molar-refractivity contribution in [3.63, 3.8) is 0 Å². The van der Waals surface area contributed by atoms with Crippen LogP contribution in [0.4, 0.5) is 22.8 Å². The lowest BCUT2D eigenvalue weighted by Crippen LogP contribution is -2.60. The van der Waals surface area contributed by atoms with Crippen LogP contribution in [0.2, 0.25) is 0 Å². The van der Waals surface area contributed by atoms with Crippen LogP contribution in [-0.4, -0.2) is 35.3 Å². The topological polar surface area (TPSA) is 55.4 Å². The molecule has 2 aromatic rings. The van der Waals surface area contributed by atoms with Crippen LogP contribution in [-0.2, 0) is 17.5 Å². The van der Waals surface area contributed by atoms with Gasteiger partial charge in [0.25, 0.3) is 0 Å². The average molecular weight is 447 g/mol. The summed E-state index contributed by atoms with van der Waals surface area (Å²) in [5.41, 5.74) is 0.683. The minimum Gasteiger partial charge on any atom is -0.414 e. The summed E-state index contributed by atoms with van der Waals surface area (Å²) in [5, 5.41) is 2.80. The highest BCUT2D eigenvalue weighted by molar-refractivity contribution is 5.80. The maximum Gasteiger partial charge on any atom is 0.526 e. The van der Waals surface area contributed by atoms with E-state index in [0.29, 0.717) is 5.56 Å². The molecule has 1 aliphatic rings. The predicted molar refractivity (Wildman–Crippen MR) is 114 cm³/mol. The van der Waals surface area contributed by atoms with Gasteiger partial charge in [0.05, 0.1) is 5.56 Å². The molecule has 0 saturated carbocycles. The Morgan fingerprint density at radius 1 is 0.969 bits per heavy atom. The Hall–Kier alpha value is -3.13. The summed E-state index contributed by atoms with van der Waals surface area (Å²) in [6.45, 7) is 5.83. The second-order valence-corrected chi connectivity index (χ2v) is 8.72. The third-order valence-electron chi connectivity index (χ3n) is 5.05. The van der Waals surface area contributed by atoms with Crippen LogP contribution in [0.3, 0.4) is 0 Å². The van der Waals surface area contributed by atoms with E-state index in [2.05, 4.69) is 5.32 Å². The predicted octanol–water partition coefficient (Wildman–Crippen LogP) is 5.90. The number of amides is 3. The van der Waals surface area contributed by atoms with Gasteiger partial charge in [-0.2, -0.15) is 18.0 Å². The Kier molecular flexibility index (Phi) is 6.46. The average Bonchev–Trinajstić information content (AvgIpc) is 3.22. The zero-order valence-electron chi connectivity index (χ0n) is 18.2. The van der Waals surface area contributed by atoms with E-state index in [0.717, 1.165) is 23.3 Å². The molecule has 1 N–H and O–H groups in total. The maximum absolute atomic E-state index is 13.0. The Balaban J connectivity index is 1.71. The second-order valence-electron chi connectivity index (χ2n) is 8.72. The molecule has 1 aliphatic heterocycles. The van der Waals surface area contributed by atoms with E-state index in [1.165, 1.54) is 12.1 Å². The van der Waals surface area contributed by atoms with E-state index in [4.69, 9.17) is 4.74 Å². The molecule has 3 rings (SSSR count). The highest BCUT2D eigenvalue weighted by atomic mass is 19.4. The van der Waals surface area contributed by atoms with Gasteiger partial charge in [-0.15, -0.1) is 4.48 Å². The number of nitrogens with zero attached hydrogens (tertiary/aromatic N) is 1. The zero-order valence-corrected chi connectivity index (χ0v) is 18.2. The molecule has 5 nitrogen and oxygen atoms in total. The number of urea groups is 1. The molecular formula is C24H26F3N2O3+. The molecule has 32 heavy (non-hydrogen) atoms. The number of halogens is 3. The molecule has 0 atom stereocenters. The number of carbonyl (C=O) groups is 2. The number of carbonyl (C=O) groups excluding carboxylic acids is 2. The minimum absolute atomic E-state index is 0.163. The van der Waals surface area contributed by atoms with E-state index < -0.39 is 33.9 Å². The molecule has 0 fully saturated rings. The summed E-state index contributed by atoms with van der Waals surface area (Å²) in [4.78, 5) is 25.7. The first-order valence-electron chi connectivity index (χ1n) is 10.2. The molecule has 2 aromatic carbocycles. The van der Waals surface area contributed by atoms with Gasteiger partial charge < -0.3 is 10.1 Å². The summed E-state index contributed by atoms with van der Waals surface area (Å²) in [5.74, 6) is 0. The molecular weight excluding hydrogens is 421 g/mol. The van der Waals surface area contributed by atoms with Crippen LogP contribution in [0.1, 0.15) is 31.9 Å². The van der Waals surface area contributed by atoms with Crippen LogP contribution in [0.25, 0.3) is 11.1 Å². The van der Waals surface area contributed by atoms with Crippen molar-refractivity contribution in [1.82, 2.24) is 5.32 Å².